The van der Waals surface area contributed by atoms with E-state index in [2.05, 4.69) is 20.0 Å². The molecule has 1 aromatic heterocycles. The fourth-order valence-corrected chi connectivity index (χ4v) is 1.79. The van der Waals surface area contributed by atoms with Crippen LogP contribution in [0, 0.1) is 0 Å². The molecule has 5 nitrogen and oxygen atoms in total. The van der Waals surface area contributed by atoms with Gasteiger partial charge in [-0.3, -0.25) is 0 Å². The molecule has 0 unspecified atom stereocenters. The molecule has 0 saturated carbocycles. The lowest BCUT2D eigenvalue weighted by Gasteiger charge is -2.13. The van der Waals surface area contributed by atoms with Crippen LogP contribution in [0.5, 0.6) is 0 Å². The largest absolute Gasteiger partial charge is 0.465 e. The summed E-state index contributed by atoms with van der Waals surface area (Å²) in [4.78, 5) is 19.5. The van der Waals surface area contributed by atoms with Crippen LogP contribution in [0.2, 0.25) is 0 Å². The molecule has 1 aromatic rings. The van der Waals surface area contributed by atoms with E-state index in [4.69, 9.17) is 0 Å². The standard InChI is InChI=1S/C8H7N3O2S/c1-13-8(12)6-3-10-5-2-9-4-11-7(5)14-6/h2-4,10H,1H3. The van der Waals surface area contributed by atoms with Gasteiger partial charge in [0, 0.05) is 6.20 Å². The van der Waals surface area contributed by atoms with Crippen molar-refractivity contribution in [2.45, 2.75) is 5.03 Å². The summed E-state index contributed by atoms with van der Waals surface area (Å²) in [7, 11) is 1.35. The molecule has 0 radical (unpaired) electrons. The molecule has 1 aliphatic heterocycles. The molecule has 0 spiro atoms. The van der Waals surface area contributed by atoms with Crippen molar-refractivity contribution in [3.05, 3.63) is 23.6 Å². The van der Waals surface area contributed by atoms with Gasteiger partial charge in [-0.2, -0.15) is 0 Å². The summed E-state index contributed by atoms with van der Waals surface area (Å²) in [5, 5.41) is 3.64. The average Bonchev–Trinajstić information content (AvgIpc) is 2.27. The van der Waals surface area contributed by atoms with Crippen molar-refractivity contribution >= 4 is 23.4 Å². The van der Waals surface area contributed by atoms with Crippen LogP contribution in [0.1, 0.15) is 0 Å². The van der Waals surface area contributed by atoms with Gasteiger partial charge in [0.25, 0.3) is 0 Å². The van der Waals surface area contributed by atoms with E-state index < -0.39 is 0 Å². The second-order valence-electron chi connectivity index (χ2n) is 2.49. The molecule has 0 atom stereocenters. The van der Waals surface area contributed by atoms with E-state index in [1.165, 1.54) is 25.2 Å². The quantitative estimate of drug-likeness (QED) is 0.550. The van der Waals surface area contributed by atoms with Gasteiger partial charge in [0.1, 0.15) is 16.3 Å². The number of carbonyl (C=O) groups excluding carboxylic acids is 1. The Labute approximate surface area is 84.6 Å². The molecular weight excluding hydrogens is 202 g/mol. The van der Waals surface area contributed by atoms with E-state index in [9.17, 15) is 4.79 Å². The number of ether oxygens (including phenoxy) is 1. The van der Waals surface area contributed by atoms with Crippen LogP contribution < -0.4 is 5.32 Å². The first kappa shape index (κ1) is 9.01. The van der Waals surface area contributed by atoms with E-state index >= 15 is 0 Å². The number of fused-ring (bicyclic) bond motifs is 1. The van der Waals surface area contributed by atoms with Gasteiger partial charge in [0.2, 0.25) is 0 Å². The van der Waals surface area contributed by atoms with Crippen molar-refractivity contribution in [2.24, 2.45) is 0 Å². The summed E-state index contributed by atoms with van der Waals surface area (Å²) in [6, 6.07) is 0. The topological polar surface area (TPSA) is 64.1 Å². The van der Waals surface area contributed by atoms with Gasteiger partial charge in [-0.25, -0.2) is 14.8 Å². The first-order chi connectivity index (χ1) is 6.81. The minimum Gasteiger partial charge on any atom is -0.465 e. The number of nitrogens with one attached hydrogen (secondary N) is 1. The van der Waals surface area contributed by atoms with Gasteiger partial charge in [0.05, 0.1) is 19.0 Å². The second kappa shape index (κ2) is 3.67. The predicted octanol–water partition coefficient (Wildman–Crippen LogP) is 1.01. The molecule has 6 heteroatoms. The van der Waals surface area contributed by atoms with Crippen molar-refractivity contribution in [3.8, 4) is 0 Å². The number of hydrogen-bond acceptors (Lipinski definition) is 6. The SMILES string of the molecule is COC(=O)C1=CNc2cncnc2S1. The predicted molar refractivity (Wildman–Crippen MR) is 51.6 cm³/mol. The van der Waals surface area contributed by atoms with Gasteiger partial charge in [0.15, 0.2) is 0 Å². The summed E-state index contributed by atoms with van der Waals surface area (Å²) in [5.74, 6) is -0.369. The molecule has 0 aliphatic carbocycles. The summed E-state index contributed by atoms with van der Waals surface area (Å²) in [6.07, 6.45) is 4.68. The Balaban J connectivity index is 2.25. The Hall–Kier alpha value is -1.56. The summed E-state index contributed by atoms with van der Waals surface area (Å²) < 4.78 is 4.59. The maximum absolute atomic E-state index is 11.2. The molecule has 0 fully saturated rings. The summed E-state index contributed by atoms with van der Waals surface area (Å²) >= 11 is 1.26. The lowest BCUT2D eigenvalue weighted by Crippen LogP contribution is -2.09. The number of rotatable bonds is 1. The average molecular weight is 209 g/mol. The number of anilines is 1. The number of thioether (sulfide) groups is 1. The Morgan fingerprint density at radius 2 is 2.50 bits per heavy atom. The summed E-state index contributed by atoms with van der Waals surface area (Å²) in [6.45, 7) is 0. The van der Waals surface area contributed by atoms with Gasteiger partial charge >= 0.3 is 5.97 Å². The highest BCUT2D eigenvalue weighted by Gasteiger charge is 2.18. The van der Waals surface area contributed by atoms with E-state index in [1.54, 1.807) is 12.4 Å². The van der Waals surface area contributed by atoms with Crippen molar-refractivity contribution in [1.82, 2.24) is 9.97 Å². The Kier molecular flexibility index (Phi) is 2.36. The number of hydrogen-bond donors (Lipinski definition) is 1. The number of methoxy groups -OCH3 is 1. The third-order valence-electron chi connectivity index (χ3n) is 1.63. The van der Waals surface area contributed by atoms with Gasteiger partial charge < -0.3 is 10.1 Å². The van der Waals surface area contributed by atoms with E-state index in [1.807, 2.05) is 0 Å². The number of nitrogens with zero attached hydrogens (tertiary/aromatic N) is 2. The van der Waals surface area contributed by atoms with Crippen LogP contribution in [-0.2, 0) is 9.53 Å². The zero-order chi connectivity index (χ0) is 9.97. The van der Waals surface area contributed by atoms with Crippen LogP contribution in [0.25, 0.3) is 0 Å². The van der Waals surface area contributed by atoms with Crippen LogP contribution >= 0.6 is 11.8 Å². The maximum Gasteiger partial charge on any atom is 0.346 e. The van der Waals surface area contributed by atoms with Crippen molar-refractivity contribution in [3.63, 3.8) is 0 Å². The normalized spacial score (nSPS) is 13.6. The van der Waals surface area contributed by atoms with Crippen LogP contribution in [0.3, 0.4) is 0 Å². The molecule has 0 aromatic carbocycles. The van der Waals surface area contributed by atoms with E-state index in [0.717, 1.165) is 10.7 Å². The van der Waals surface area contributed by atoms with E-state index in [0.29, 0.717) is 4.91 Å². The molecule has 0 amide bonds. The minimum absolute atomic E-state index is 0.369. The van der Waals surface area contributed by atoms with Gasteiger partial charge in [-0.15, -0.1) is 0 Å². The van der Waals surface area contributed by atoms with Crippen molar-refractivity contribution in [1.29, 1.82) is 0 Å². The van der Waals surface area contributed by atoms with Gasteiger partial charge in [-0.05, 0) is 0 Å². The highest BCUT2D eigenvalue weighted by atomic mass is 32.2. The molecule has 72 valence electrons. The molecule has 14 heavy (non-hydrogen) atoms. The smallest absolute Gasteiger partial charge is 0.346 e. The van der Waals surface area contributed by atoms with Crippen LogP contribution in [0.15, 0.2) is 28.7 Å². The number of esters is 1. The lowest BCUT2D eigenvalue weighted by molar-refractivity contribution is -0.135. The van der Waals surface area contributed by atoms with Gasteiger partial charge in [-0.1, -0.05) is 11.8 Å². The molecule has 1 aliphatic rings. The Bertz CT molecular complexity index is 405. The monoisotopic (exact) mass is 209 g/mol. The highest BCUT2D eigenvalue weighted by Crippen LogP contribution is 2.34. The number of aromatic nitrogens is 2. The van der Waals surface area contributed by atoms with E-state index in [-0.39, 0.29) is 5.97 Å². The van der Waals surface area contributed by atoms with Crippen molar-refractivity contribution < 1.29 is 9.53 Å². The summed E-state index contributed by atoms with van der Waals surface area (Å²) in [5.41, 5.74) is 0.796. The number of carbonyl (C=O) groups is 1. The molecular formula is C8H7N3O2S. The van der Waals surface area contributed by atoms with Crippen LogP contribution in [-0.4, -0.2) is 23.0 Å². The molecule has 0 bridgehead atoms. The highest BCUT2D eigenvalue weighted by molar-refractivity contribution is 8.04. The first-order valence-electron chi connectivity index (χ1n) is 3.84. The zero-order valence-corrected chi connectivity index (χ0v) is 8.17. The zero-order valence-electron chi connectivity index (χ0n) is 7.35. The lowest BCUT2D eigenvalue weighted by atomic mass is 10.5. The Morgan fingerprint density at radius 3 is 3.29 bits per heavy atom. The fraction of sp³-hybridized carbons (Fsp3) is 0.125. The molecule has 0 saturated heterocycles. The second-order valence-corrected chi connectivity index (χ2v) is 3.52. The van der Waals surface area contributed by atoms with Crippen LogP contribution in [0.4, 0.5) is 5.69 Å². The third kappa shape index (κ3) is 1.56. The fourth-order valence-electron chi connectivity index (χ4n) is 0.977. The maximum atomic E-state index is 11.2. The molecule has 2 heterocycles. The first-order valence-corrected chi connectivity index (χ1v) is 4.66. The third-order valence-corrected chi connectivity index (χ3v) is 2.65. The minimum atomic E-state index is -0.369. The Morgan fingerprint density at radius 1 is 1.64 bits per heavy atom. The molecule has 2 rings (SSSR count). The van der Waals surface area contributed by atoms with Crippen molar-refractivity contribution in [2.75, 3.05) is 12.4 Å². The molecule has 1 N–H and O–H groups in total.